The Hall–Kier alpha value is -0.0800. The van der Waals surface area contributed by atoms with Crippen LogP contribution in [0.2, 0.25) is 0 Å². The van der Waals surface area contributed by atoms with E-state index in [9.17, 15) is 10.2 Å². The van der Waals surface area contributed by atoms with Gasteiger partial charge in [0.2, 0.25) is 0 Å². The van der Waals surface area contributed by atoms with Gasteiger partial charge in [-0.3, -0.25) is 0 Å². The average Bonchev–Trinajstić information content (AvgIpc) is 2.72. The molecule has 2 heteroatoms. The summed E-state index contributed by atoms with van der Waals surface area (Å²) >= 11 is 0. The molecule has 0 spiro atoms. The fourth-order valence-electron chi connectivity index (χ4n) is 7.86. The SMILES string of the molecule is C[C@@H]1C[C@@H]2C[C@H](O)CC[C@]2(C)[C@H]2CC[C@@]3(C)[C@@H](CC[C@]3(C)O)[C@H]12. The highest BCUT2D eigenvalue weighted by Crippen LogP contribution is 2.69. The Morgan fingerprint density at radius 3 is 2.30 bits per heavy atom. The predicted molar refractivity (Wildman–Crippen MR) is 92.9 cm³/mol. The molecule has 0 heterocycles. The Labute approximate surface area is 142 Å². The molecule has 4 saturated carbocycles. The molecule has 0 aromatic heterocycles. The number of rotatable bonds is 0. The lowest BCUT2D eigenvalue weighted by molar-refractivity contribution is -0.169. The zero-order valence-electron chi connectivity index (χ0n) is 15.5. The Kier molecular flexibility index (Phi) is 3.54. The first-order valence-electron chi connectivity index (χ1n) is 10.1. The van der Waals surface area contributed by atoms with Crippen LogP contribution in [0.25, 0.3) is 0 Å². The number of hydrogen-bond acceptors (Lipinski definition) is 2. The Morgan fingerprint density at radius 2 is 1.57 bits per heavy atom. The second kappa shape index (κ2) is 4.97. The fourth-order valence-corrected chi connectivity index (χ4v) is 7.86. The zero-order chi connectivity index (χ0) is 16.6. The smallest absolute Gasteiger partial charge is 0.0675 e. The molecule has 4 fully saturated rings. The molecule has 0 aromatic carbocycles. The summed E-state index contributed by atoms with van der Waals surface area (Å²) in [6.07, 6.45) is 9.19. The van der Waals surface area contributed by atoms with Gasteiger partial charge in [0.1, 0.15) is 0 Å². The number of fused-ring (bicyclic) bond motifs is 5. The van der Waals surface area contributed by atoms with Crippen molar-refractivity contribution in [3.8, 4) is 0 Å². The second-order valence-corrected chi connectivity index (χ2v) is 10.4. The fraction of sp³-hybridized carbons (Fsp3) is 1.00. The standard InChI is InChI=1S/C21H36O2/c1-13-11-14-12-15(22)5-8-19(14,2)16-6-9-20(3)17(18(13)16)7-10-21(20,4)23/h13-18,22-23H,5-12H2,1-4H3/t13-,14-,15-,16+,17+,18-,19+,20+,21+/m1/s1. The molecule has 9 atom stereocenters. The van der Waals surface area contributed by atoms with E-state index in [1.165, 1.54) is 32.1 Å². The maximum atomic E-state index is 11.0. The van der Waals surface area contributed by atoms with Gasteiger partial charge in [0, 0.05) is 0 Å². The maximum Gasteiger partial charge on any atom is 0.0675 e. The van der Waals surface area contributed by atoms with E-state index in [4.69, 9.17) is 0 Å². The van der Waals surface area contributed by atoms with Crippen LogP contribution in [0.4, 0.5) is 0 Å². The van der Waals surface area contributed by atoms with E-state index >= 15 is 0 Å². The molecule has 0 saturated heterocycles. The number of aliphatic hydroxyl groups is 2. The van der Waals surface area contributed by atoms with Crippen molar-refractivity contribution in [1.29, 1.82) is 0 Å². The molecule has 132 valence electrons. The molecule has 4 aliphatic rings. The van der Waals surface area contributed by atoms with Crippen molar-refractivity contribution in [2.24, 2.45) is 40.4 Å². The third-order valence-electron chi connectivity index (χ3n) is 9.56. The minimum Gasteiger partial charge on any atom is -0.393 e. The van der Waals surface area contributed by atoms with E-state index in [2.05, 4.69) is 27.7 Å². The first kappa shape index (κ1) is 16.4. The lowest BCUT2D eigenvalue weighted by atomic mass is 9.42. The average molecular weight is 321 g/mol. The quantitative estimate of drug-likeness (QED) is 0.695. The summed E-state index contributed by atoms with van der Waals surface area (Å²) < 4.78 is 0. The molecular formula is C21H36O2. The molecule has 4 rings (SSSR count). The van der Waals surface area contributed by atoms with E-state index < -0.39 is 5.60 Å². The summed E-state index contributed by atoms with van der Waals surface area (Å²) in [5.74, 6) is 3.78. The Bertz CT molecular complexity index is 486. The molecule has 0 unspecified atom stereocenters. The van der Waals surface area contributed by atoms with Crippen LogP contribution in [0.15, 0.2) is 0 Å². The molecule has 2 nitrogen and oxygen atoms in total. The normalized spacial score (nSPS) is 62.3. The van der Waals surface area contributed by atoms with E-state index in [0.29, 0.717) is 17.3 Å². The number of hydrogen-bond donors (Lipinski definition) is 2. The van der Waals surface area contributed by atoms with Crippen molar-refractivity contribution in [1.82, 2.24) is 0 Å². The molecular weight excluding hydrogens is 284 g/mol. The van der Waals surface area contributed by atoms with Gasteiger partial charge >= 0.3 is 0 Å². The molecule has 0 aromatic rings. The molecule has 0 bridgehead atoms. The van der Waals surface area contributed by atoms with Gasteiger partial charge in [0.15, 0.2) is 0 Å². The summed E-state index contributed by atoms with van der Waals surface area (Å²) in [7, 11) is 0. The Morgan fingerprint density at radius 1 is 0.870 bits per heavy atom. The highest BCUT2D eigenvalue weighted by atomic mass is 16.3. The van der Waals surface area contributed by atoms with Crippen LogP contribution in [0.1, 0.15) is 79.1 Å². The summed E-state index contributed by atoms with van der Waals surface area (Å²) in [5, 5.41) is 21.2. The van der Waals surface area contributed by atoms with Gasteiger partial charge in [0.25, 0.3) is 0 Å². The lowest BCUT2D eigenvalue weighted by Crippen LogP contribution is -2.58. The monoisotopic (exact) mass is 320 g/mol. The summed E-state index contributed by atoms with van der Waals surface area (Å²) in [6, 6.07) is 0. The second-order valence-electron chi connectivity index (χ2n) is 10.4. The van der Waals surface area contributed by atoms with Gasteiger partial charge in [-0.1, -0.05) is 20.8 Å². The van der Waals surface area contributed by atoms with E-state index in [-0.39, 0.29) is 11.5 Å². The minimum absolute atomic E-state index is 0.0575. The minimum atomic E-state index is -0.469. The van der Waals surface area contributed by atoms with E-state index in [1.54, 1.807) is 0 Å². The third kappa shape index (κ3) is 2.06. The number of aliphatic hydroxyl groups excluding tert-OH is 1. The van der Waals surface area contributed by atoms with Gasteiger partial charge in [-0.15, -0.1) is 0 Å². The van der Waals surface area contributed by atoms with Crippen LogP contribution < -0.4 is 0 Å². The first-order valence-corrected chi connectivity index (χ1v) is 10.1. The highest BCUT2D eigenvalue weighted by Gasteiger charge is 2.64. The van der Waals surface area contributed by atoms with Crippen molar-refractivity contribution in [2.75, 3.05) is 0 Å². The summed E-state index contributed by atoms with van der Waals surface area (Å²) in [6.45, 7) is 9.49. The van der Waals surface area contributed by atoms with Gasteiger partial charge in [-0.05, 0) is 98.7 Å². The van der Waals surface area contributed by atoms with Crippen LogP contribution in [0.5, 0.6) is 0 Å². The van der Waals surface area contributed by atoms with Crippen molar-refractivity contribution >= 4 is 0 Å². The molecule has 2 N–H and O–H groups in total. The van der Waals surface area contributed by atoms with Crippen molar-refractivity contribution in [3.63, 3.8) is 0 Å². The lowest BCUT2D eigenvalue weighted by Gasteiger charge is -2.63. The van der Waals surface area contributed by atoms with Crippen molar-refractivity contribution in [2.45, 2.75) is 90.8 Å². The Balaban J connectivity index is 1.68. The molecule has 4 aliphatic carbocycles. The first-order chi connectivity index (χ1) is 10.7. The predicted octanol–water partition coefficient (Wildman–Crippen LogP) is 4.39. The molecule has 23 heavy (non-hydrogen) atoms. The van der Waals surface area contributed by atoms with Gasteiger partial charge in [-0.25, -0.2) is 0 Å². The topological polar surface area (TPSA) is 40.5 Å². The summed E-state index contributed by atoms with van der Waals surface area (Å²) in [5.41, 5.74) is 0.0921. The molecule has 0 amide bonds. The van der Waals surface area contributed by atoms with Gasteiger partial charge < -0.3 is 10.2 Å². The van der Waals surface area contributed by atoms with Crippen LogP contribution in [-0.2, 0) is 0 Å². The van der Waals surface area contributed by atoms with Crippen LogP contribution in [0, 0.1) is 40.4 Å². The van der Waals surface area contributed by atoms with Crippen molar-refractivity contribution < 1.29 is 10.2 Å². The molecule has 0 radical (unpaired) electrons. The van der Waals surface area contributed by atoms with Crippen molar-refractivity contribution in [3.05, 3.63) is 0 Å². The van der Waals surface area contributed by atoms with Crippen LogP contribution in [-0.4, -0.2) is 21.9 Å². The van der Waals surface area contributed by atoms with Gasteiger partial charge in [0.05, 0.1) is 11.7 Å². The maximum absolute atomic E-state index is 11.0. The van der Waals surface area contributed by atoms with Crippen LogP contribution in [0.3, 0.4) is 0 Å². The van der Waals surface area contributed by atoms with E-state index in [1.807, 2.05) is 0 Å². The highest BCUT2D eigenvalue weighted by molar-refractivity contribution is 5.13. The van der Waals surface area contributed by atoms with Crippen LogP contribution >= 0.6 is 0 Å². The third-order valence-corrected chi connectivity index (χ3v) is 9.56. The largest absolute Gasteiger partial charge is 0.393 e. The van der Waals surface area contributed by atoms with Gasteiger partial charge in [-0.2, -0.15) is 0 Å². The zero-order valence-corrected chi connectivity index (χ0v) is 15.5. The summed E-state index contributed by atoms with van der Waals surface area (Å²) in [4.78, 5) is 0. The molecule has 0 aliphatic heterocycles. The van der Waals surface area contributed by atoms with E-state index in [0.717, 1.165) is 37.0 Å².